The summed E-state index contributed by atoms with van der Waals surface area (Å²) >= 11 is 0. The van der Waals surface area contributed by atoms with Crippen LogP contribution in [0, 0.1) is 0 Å². The van der Waals surface area contributed by atoms with Crippen molar-refractivity contribution in [1.82, 2.24) is 20.5 Å². The lowest BCUT2D eigenvalue weighted by atomic mass is 10.0. The van der Waals surface area contributed by atoms with Gasteiger partial charge in [0.05, 0.1) is 6.20 Å². The molecule has 1 aliphatic rings. The van der Waals surface area contributed by atoms with Gasteiger partial charge in [0.15, 0.2) is 5.82 Å². The highest BCUT2D eigenvalue weighted by atomic mass is 16.1. The predicted octanol–water partition coefficient (Wildman–Crippen LogP) is 3.40. The molecule has 0 bridgehead atoms. The van der Waals surface area contributed by atoms with Gasteiger partial charge in [0.25, 0.3) is 0 Å². The van der Waals surface area contributed by atoms with Crippen molar-refractivity contribution in [3.63, 3.8) is 0 Å². The second-order valence-electron chi connectivity index (χ2n) is 7.34. The molecule has 1 amide bonds. The third kappa shape index (κ3) is 5.06. The summed E-state index contributed by atoms with van der Waals surface area (Å²) < 4.78 is 0. The minimum absolute atomic E-state index is 0.153. The quantitative estimate of drug-likeness (QED) is 0.717. The first-order valence-electron chi connectivity index (χ1n) is 9.80. The van der Waals surface area contributed by atoms with E-state index in [1.54, 1.807) is 6.20 Å². The van der Waals surface area contributed by atoms with Crippen molar-refractivity contribution in [1.29, 1.82) is 0 Å². The molecule has 1 atom stereocenters. The molecule has 0 unspecified atom stereocenters. The molecule has 1 fully saturated rings. The molecule has 2 aromatic rings. The van der Waals surface area contributed by atoms with Crippen LogP contribution in [-0.2, 0) is 4.79 Å². The van der Waals surface area contributed by atoms with Crippen molar-refractivity contribution in [2.75, 3.05) is 23.3 Å². The van der Waals surface area contributed by atoms with Crippen LogP contribution in [0.15, 0.2) is 43.1 Å². The molecule has 2 N–H and O–H groups in total. The molecule has 7 nitrogen and oxygen atoms in total. The number of amides is 1. The zero-order valence-electron chi connectivity index (χ0n) is 16.6. The summed E-state index contributed by atoms with van der Waals surface area (Å²) in [5, 5.41) is 14.5. The largest absolute Gasteiger partial charge is 0.351 e. The lowest BCUT2D eigenvalue weighted by Gasteiger charge is -2.35. The topological polar surface area (TPSA) is 83.0 Å². The molecule has 1 aromatic carbocycles. The van der Waals surface area contributed by atoms with E-state index in [2.05, 4.69) is 63.3 Å². The fraction of sp³-hybridized carbons (Fsp3) is 0.429. The first-order valence-corrected chi connectivity index (χ1v) is 9.80. The maximum absolute atomic E-state index is 11.5. The molecule has 2 heterocycles. The van der Waals surface area contributed by atoms with Crippen LogP contribution in [0.5, 0.6) is 0 Å². The van der Waals surface area contributed by atoms with Crippen LogP contribution in [0.25, 0.3) is 0 Å². The van der Waals surface area contributed by atoms with Crippen LogP contribution < -0.4 is 15.5 Å². The van der Waals surface area contributed by atoms with Crippen molar-refractivity contribution < 1.29 is 4.79 Å². The number of carbonyl (C=O) groups is 1. The fourth-order valence-corrected chi connectivity index (χ4v) is 3.34. The van der Waals surface area contributed by atoms with E-state index in [0.29, 0.717) is 24.2 Å². The number of hydrogen-bond acceptors (Lipinski definition) is 6. The zero-order valence-corrected chi connectivity index (χ0v) is 16.6. The Balaban J connectivity index is 1.71. The first kappa shape index (κ1) is 19.8. The van der Waals surface area contributed by atoms with E-state index in [9.17, 15) is 4.79 Å². The second kappa shape index (κ2) is 9.30. The monoisotopic (exact) mass is 380 g/mol. The number of anilines is 3. The minimum Gasteiger partial charge on any atom is -0.351 e. The van der Waals surface area contributed by atoms with E-state index in [0.717, 1.165) is 31.5 Å². The SMILES string of the molecule is C=CC(=O)NC[C@H]1CCCCN1c1nncc(Nc2ccc(C(C)C)cc2)n1. The molecule has 0 aliphatic carbocycles. The molecule has 3 rings (SSSR count). The summed E-state index contributed by atoms with van der Waals surface area (Å²) in [7, 11) is 0. The molecular formula is C21H28N6O. The third-order valence-electron chi connectivity index (χ3n) is 4.98. The van der Waals surface area contributed by atoms with E-state index in [4.69, 9.17) is 0 Å². The molecule has 1 aromatic heterocycles. The normalized spacial score (nSPS) is 16.7. The summed E-state index contributed by atoms with van der Waals surface area (Å²) in [5.74, 6) is 1.58. The van der Waals surface area contributed by atoms with Crippen LogP contribution in [0.2, 0.25) is 0 Å². The second-order valence-corrected chi connectivity index (χ2v) is 7.34. The van der Waals surface area contributed by atoms with Crippen LogP contribution in [-0.4, -0.2) is 40.2 Å². The molecular weight excluding hydrogens is 352 g/mol. The standard InChI is InChI=1S/C21H28N6O/c1-4-20(28)22-13-18-7-5-6-12-27(18)21-25-19(14-23-26-21)24-17-10-8-16(9-11-17)15(2)3/h4,8-11,14-15,18H,1,5-7,12-13H2,2-3H3,(H,22,28)(H,24,25,26)/t18-/m1/s1. The average Bonchev–Trinajstić information content (AvgIpc) is 2.72. The number of carbonyl (C=O) groups excluding carboxylic acids is 1. The summed E-state index contributed by atoms with van der Waals surface area (Å²) in [6.07, 6.45) is 6.09. The summed E-state index contributed by atoms with van der Waals surface area (Å²) in [5.41, 5.74) is 2.26. The summed E-state index contributed by atoms with van der Waals surface area (Å²) in [6, 6.07) is 8.48. The molecule has 1 saturated heterocycles. The number of hydrogen-bond donors (Lipinski definition) is 2. The van der Waals surface area contributed by atoms with Gasteiger partial charge in [-0.3, -0.25) is 4.79 Å². The van der Waals surface area contributed by atoms with E-state index in [1.807, 2.05) is 12.1 Å². The fourth-order valence-electron chi connectivity index (χ4n) is 3.34. The average molecular weight is 380 g/mol. The molecule has 0 saturated carbocycles. The Morgan fingerprint density at radius 3 is 2.82 bits per heavy atom. The maximum Gasteiger partial charge on any atom is 0.247 e. The van der Waals surface area contributed by atoms with Gasteiger partial charge in [0, 0.05) is 24.8 Å². The summed E-state index contributed by atoms with van der Waals surface area (Å²) in [6.45, 7) is 9.25. The van der Waals surface area contributed by atoms with Crippen molar-refractivity contribution in [2.24, 2.45) is 0 Å². The lowest BCUT2D eigenvalue weighted by molar-refractivity contribution is -0.116. The van der Waals surface area contributed by atoms with E-state index in [-0.39, 0.29) is 11.9 Å². The molecule has 0 spiro atoms. The number of benzene rings is 1. The van der Waals surface area contributed by atoms with Gasteiger partial charge < -0.3 is 15.5 Å². The van der Waals surface area contributed by atoms with Gasteiger partial charge in [-0.1, -0.05) is 32.6 Å². The van der Waals surface area contributed by atoms with E-state index < -0.39 is 0 Å². The van der Waals surface area contributed by atoms with Gasteiger partial charge in [-0.05, 0) is 49.0 Å². The summed E-state index contributed by atoms with van der Waals surface area (Å²) in [4.78, 5) is 18.3. The van der Waals surface area contributed by atoms with E-state index >= 15 is 0 Å². The Morgan fingerprint density at radius 2 is 2.11 bits per heavy atom. The number of aromatic nitrogens is 3. The van der Waals surface area contributed by atoms with Gasteiger partial charge >= 0.3 is 0 Å². The van der Waals surface area contributed by atoms with Crippen LogP contribution >= 0.6 is 0 Å². The Hall–Kier alpha value is -2.96. The van der Waals surface area contributed by atoms with Gasteiger partial charge in [-0.2, -0.15) is 10.1 Å². The minimum atomic E-state index is -0.162. The molecule has 1 aliphatic heterocycles. The molecule has 148 valence electrons. The highest BCUT2D eigenvalue weighted by molar-refractivity contribution is 5.86. The number of piperidine rings is 1. The van der Waals surface area contributed by atoms with Crippen molar-refractivity contribution in [3.8, 4) is 0 Å². The Bertz CT molecular complexity index is 805. The lowest BCUT2D eigenvalue weighted by Crippen LogP contribution is -2.47. The maximum atomic E-state index is 11.5. The van der Waals surface area contributed by atoms with Crippen LogP contribution in [0.3, 0.4) is 0 Å². The van der Waals surface area contributed by atoms with Gasteiger partial charge in [0.2, 0.25) is 11.9 Å². The Morgan fingerprint density at radius 1 is 1.32 bits per heavy atom. The smallest absolute Gasteiger partial charge is 0.247 e. The Labute approximate surface area is 166 Å². The van der Waals surface area contributed by atoms with Gasteiger partial charge in [-0.25, -0.2) is 0 Å². The Kier molecular flexibility index (Phi) is 6.57. The number of nitrogens with one attached hydrogen (secondary N) is 2. The number of rotatable bonds is 7. The molecule has 0 radical (unpaired) electrons. The molecule has 7 heteroatoms. The zero-order chi connectivity index (χ0) is 19.9. The first-order chi connectivity index (χ1) is 13.6. The van der Waals surface area contributed by atoms with Crippen molar-refractivity contribution >= 4 is 23.4 Å². The third-order valence-corrected chi connectivity index (χ3v) is 4.98. The van der Waals surface area contributed by atoms with Crippen molar-refractivity contribution in [2.45, 2.75) is 45.1 Å². The van der Waals surface area contributed by atoms with Crippen LogP contribution in [0.4, 0.5) is 17.5 Å². The number of nitrogens with zero attached hydrogens (tertiary/aromatic N) is 4. The van der Waals surface area contributed by atoms with Crippen LogP contribution in [0.1, 0.15) is 44.6 Å². The highest BCUT2D eigenvalue weighted by Crippen LogP contribution is 2.23. The molecule has 28 heavy (non-hydrogen) atoms. The highest BCUT2D eigenvalue weighted by Gasteiger charge is 2.25. The predicted molar refractivity (Wildman–Crippen MR) is 112 cm³/mol. The van der Waals surface area contributed by atoms with Gasteiger partial charge in [-0.15, -0.1) is 5.10 Å². The van der Waals surface area contributed by atoms with E-state index in [1.165, 1.54) is 11.6 Å². The van der Waals surface area contributed by atoms with Gasteiger partial charge in [0.1, 0.15) is 0 Å². The van der Waals surface area contributed by atoms with Crippen molar-refractivity contribution in [3.05, 3.63) is 48.7 Å².